The summed E-state index contributed by atoms with van der Waals surface area (Å²) in [7, 11) is 0. The van der Waals surface area contributed by atoms with E-state index in [9.17, 15) is 9.59 Å². The lowest BCUT2D eigenvalue weighted by atomic mass is 9.68. The molecule has 1 aliphatic carbocycles. The zero-order chi connectivity index (χ0) is 24.4. The normalized spacial score (nSPS) is 20.6. The first-order valence-electron chi connectivity index (χ1n) is 13.0. The van der Waals surface area contributed by atoms with E-state index in [4.69, 9.17) is 0 Å². The zero-order valence-electron chi connectivity index (χ0n) is 20.9. The number of nitrogens with one attached hydrogen (secondary N) is 1. The molecule has 2 amide bonds. The lowest BCUT2D eigenvalue weighted by Gasteiger charge is -2.40. The van der Waals surface area contributed by atoms with Crippen molar-refractivity contribution >= 4 is 22.8 Å². The Morgan fingerprint density at radius 3 is 2.49 bits per heavy atom. The third kappa shape index (κ3) is 4.84. The molecule has 1 atom stereocenters. The van der Waals surface area contributed by atoms with Gasteiger partial charge in [0.1, 0.15) is 5.65 Å². The van der Waals surface area contributed by atoms with E-state index in [1.54, 1.807) is 6.92 Å². The summed E-state index contributed by atoms with van der Waals surface area (Å²) in [5, 5.41) is 1.09. The number of aromatic amines is 1. The first-order chi connectivity index (χ1) is 16.9. The smallest absolute Gasteiger partial charge is 0.233 e. The van der Waals surface area contributed by atoms with Crippen molar-refractivity contribution in [2.24, 2.45) is 5.92 Å². The van der Waals surface area contributed by atoms with Crippen molar-refractivity contribution in [2.45, 2.75) is 57.8 Å². The number of rotatable bonds is 4. The average Bonchev–Trinajstić information content (AvgIpc) is 3.23. The van der Waals surface area contributed by atoms with Gasteiger partial charge in [0, 0.05) is 50.9 Å². The van der Waals surface area contributed by atoms with E-state index in [0.29, 0.717) is 26.2 Å². The molecular weight excluding hydrogens is 436 g/mol. The fraction of sp³-hybridized carbons (Fsp3) is 0.483. The van der Waals surface area contributed by atoms with Crippen molar-refractivity contribution < 1.29 is 9.59 Å². The van der Waals surface area contributed by atoms with Crippen molar-refractivity contribution in [1.29, 1.82) is 0 Å². The van der Waals surface area contributed by atoms with Crippen molar-refractivity contribution in [3.63, 3.8) is 0 Å². The number of benzene rings is 1. The Balaban J connectivity index is 1.43. The van der Waals surface area contributed by atoms with Gasteiger partial charge in [0.15, 0.2) is 0 Å². The van der Waals surface area contributed by atoms with E-state index < -0.39 is 5.41 Å². The van der Waals surface area contributed by atoms with E-state index in [1.807, 2.05) is 23.4 Å². The molecule has 6 heteroatoms. The van der Waals surface area contributed by atoms with Gasteiger partial charge in [0.25, 0.3) is 0 Å². The molecule has 0 spiro atoms. The molecule has 3 heterocycles. The van der Waals surface area contributed by atoms with Gasteiger partial charge < -0.3 is 14.8 Å². The summed E-state index contributed by atoms with van der Waals surface area (Å²) in [6.45, 7) is 6.25. The van der Waals surface area contributed by atoms with Crippen LogP contribution in [0, 0.1) is 12.8 Å². The fourth-order valence-electron chi connectivity index (χ4n) is 6.09. The first-order valence-corrected chi connectivity index (χ1v) is 13.0. The number of aromatic nitrogens is 2. The molecule has 0 bridgehead atoms. The second-order valence-corrected chi connectivity index (χ2v) is 10.6. The third-order valence-corrected chi connectivity index (χ3v) is 8.03. The minimum Gasteiger partial charge on any atom is -0.346 e. The molecule has 184 valence electrons. The standard InChI is InChI=1S/C29H36N4O2/c1-21-6-8-26(9-7-21)29(11-4-3-5-12-29)28(35)33-15-14-32(22(2)34)19-24(20-33)16-23-17-25-10-13-30-27(25)31-18-23/h6-10,13,17-18,24H,3-5,11-12,14-16,19-20H2,1-2H3,(H,30,31)/t24-/m0/s1. The van der Waals surface area contributed by atoms with Gasteiger partial charge in [-0.3, -0.25) is 9.59 Å². The maximum Gasteiger partial charge on any atom is 0.233 e. The summed E-state index contributed by atoms with van der Waals surface area (Å²) in [5.41, 5.74) is 3.94. The van der Waals surface area contributed by atoms with Gasteiger partial charge >= 0.3 is 0 Å². The van der Waals surface area contributed by atoms with Crippen LogP contribution in [-0.4, -0.2) is 57.8 Å². The fourth-order valence-corrected chi connectivity index (χ4v) is 6.09. The molecule has 2 aromatic heterocycles. The van der Waals surface area contributed by atoms with E-state index in [0.717, 1.165) is 54.3 Å². The molecule has 5 rings (SSSR count). The summed E-state index contributed by atoms with van der Waals surface area (Å²) < 4.78 is 0. The molecular formula is C29H36N4O2. The molecule has 3 aromatic rings. The second-order valence-electron chi connectivity index (χ2n) is 10.6. The topological polar surface area (TPSA) is 69.3 Å². The number of nitrogens with zero attached hydrogens (tertiary/aromatic N) is 3. The maximum atomic E-state index is 14.3. The number of amides is 2. The Hall–Kier alpha value is -3.15. The van der Waals surface area contributed by atoms with Gasteiger partial charge in [0.05, 0.1) is 5.41 Å². The Labute approximate surface area is 207 Å². The minimum absolute atomic E-state index is 0.0782. The van der Waals surface area contributed by atoms with Crippen LogP contribution in [0.4, 0.5) is 0 Å². The predicted molar refractivity (Wildman–Crippen MR) is 138 cm³/mol. The number of carbonyl (C=O) groups excluding carboxylic acids is 2. The molecule has 35 heavy (non-hydrogen) atoms. The average molecular weight is 473 g/mol. The third-order valence-electron chi connectivity index (χ3n) is 8.03. The molecule has 2 aliphatic rings. The second kappa shape index (κ2) is 9.84. The van der Waals surface area contributed by atoms with E-state index >= 15 is 0 Å². The summed E-state index contributed by atoms with van der Waals surface area (Å²) in [5.74, 6) is 0.493. The van der Waals surface area contributed by atoms with Crippen LogP contribution in [0.1, 0.15) is 55.7 Å². The molecule has 1 N–H and O–H groups in total. The Bertz CT molecular complexity index is 1190. The molecule has 1 aromatic carbocycles. The lowest BCUT2D eigenvalue weighted by Crippen LogP contribution is -2.50. The molecule has 0 radical (unpaired) electrons. The molecule has 1 aliphatic heterocycles. The number of pyridine rings is 1. The molecule has 0 unspecified atom stereocenters. The van der Waals surface area contributed by atoms with Gasteiger partial charge in [-0.1, -0.05) is 49.1 Å². The molecule has 2 fully saturated rings. The van der Waals surface area contributed by atoms with E-state index in [1.165, 1.54) is 12.0 Å². The van der Waals surface area contributed by atoms with Crippen molar-refractivity contribution in [2.75, 3.05) is 26.2 Å². The van der Waals surface area contributed by atoms with E-state index in [-0.39, 0.29) is 17.7 Å². The summed E-state index contributed by atoms with van der Waals surface area (Å²) >= 11 is 0. The van der Waals surface area contributed by atoms with Crippen LogP contribution in [0.25, 0.3) is 11.0 Å². The highest BCUT2D eigenvalue weighted by Crippen LogP contribution is 2.41. The number of hydrogen-bond acceptors (Lipinski definition) is 3. The van der Waals surface area contributed by atoms with Crippen LogP contribution in [-0.2, 0) is 21.4 Å². The highest BCUT2D eigenvalue weighted by atomic mass is 16.2. The van der Waals surface area contributed by atoms with Crippen LogP contribution >= 0.6 is 0 Å². The van der Waals surface area contributed by atoms with Gasteiger partial charge in [-0.2, -0.15) is 0 Å². The highest BCUT2D eigenvalue weighted by molar-refractivity contribution is 5.88. The maximum absolute atomic E-state index is 14.3. The van der Waals surface area contributed by atoms with Crippen LogP contribution in [0.5, 0.6) is 0 Å². The summed E-state index contributed by atoms with van der Waals surface area (Å²) in [4.78, 5) is 38.4. The Morgan fingerprint density at radius 1 is 1.03 bits per heavy atom. The monoisotopic (exact) mass is 472 g/mol. The van der Waals surface area contributed by atoms with Crippen molar-refractivity contribution in [3.8, 4) is 0 Å². The number of aryl methyl sites for hydroxylation is 1. The van der Waals surface area contributed by atoms with Gasteiger partial charge in [-0.05, 0) is 55.4 Å². The molecule has 1 saturated heterocycles. The summed E-state index contributed by atoms with van der Waals surface area (Å²) in [6.07, 6.45) is 9.77. The number of carbonyl (C=O) groups is 2. The van der Waals surface area contributed by atoms with Gasteiger partial charge in [-0.15, -0.1) is 0 Å². The number of H-pyrrole nitrogens is 1. The van der Waals surface area contributed by atoms with Crippen LogP contribution in [0.2, 0.25) is 0 Å². The van der Waals surface area contributed by atoms with Crippen LogP contribution < -0.4 is 0 Å². The lowest BCUT2D eigenvalue weighted by molar-refractivity contribution is -0.139. The SMILES string of the molecule is CC(=O)N1CCN(C(=O)C2(c3ccc(C)cc3)CCCCC2)C[C@@H](Cc2cnc3[nH]ccc3c2)C1. The van der Waals surface area contributed by atoms with Crippen LogP contribution in [0.15, 0.2) is 48.8 Å². The van der Waals surface area contributed by atoms with Crippen molar-refractivity contribution in [1.82, 2.24) is 19.8 Å². The van der Waals surface area contributed by atoms with Gasteiger partial charge in [-0.25, -0.2) is 4.98 Å². The Morgan fingerprint density at radius 2 is 1.74 bits per heavy atom. The zero-order valence-corrected chi connectivity index (χ0v) is 20.9. The molecule has 1 saturated carbocycles. The van der Waals surface area contributed by atoms with E-state index in [2.05, 4.69) is 52.1 Å². The number of hydrogen-bond donors (Lipinski definition) is 1. The highest BCUT2D eigenvalue weighted by Gasteiger charge is 2.44. The van der Waals surface area contributed by atoms with Gasteiger partial charge in [0.2, 0.25) is 11.8 Å². The van der Waals surface area contributed by atoms with Crippen LogP contribution in [0.3, 0.4) is 0 Å². The Kier molecular flexibility index (Phi) is 6.63. The quantitative estimate of drug-likeness (QED) is 0.602. The largest absolute Gasteiger partial charge is 0.346 e. The number of fused-ring (bicyclic) bond motifs is 1. The first kappa shape index (κ1) is 23.6. The molecule has 6 nitrogen and oxygen atoms in total. The van der Waals surface area contributed by atoms with Crippen molar-refractivity contribution in [3.05, 3.63) is 65.5 Å². The predicted octanol–water partition coefficient (Wildman–Crippen LogP) is 4.62. The minimum atomic E-state index is -0.451. The summed E-state index contributed by atoms with van der Waals surface area (Å²) in [6, 6.07) is 12.8.